The van der Waals surface area contributed by atoms with Crippen LogP contribution in [0.15, 0.2) is 12.2 Å². The molecule has 0 aromatic carbocycles. The van der Waals surface area contributed by atoms with Crippen LogP contribution >= 0.6 is 0 Å². The maximum Gasteiger partial charge on any atom is 0.220 e. The average Bonchev–Trinajstić information content (AvgIpc) is 3.12. The Hall–Kier alpha value is -0.870. The van der Waals surface area contributed by atoms with Gasteiger partial charge in [-0.1, -0.05) is 225 Å². The minimum absolute atomic E-state index is 0.0327. The van der Waals surface area contributed by atoms with Crippen LogP contribution in [-0.2, 0) is 4.79 Å². The number of amides is 1. The number of unbranched alkanes of at least 4 members (excludes halogenated alkanes) is 33. The normalized spacial score (nSPS) is 13.0. The van der Waals surface area contributed by atoms with Gasteiger partial charge in [-0.15, -0.1) is 0 Å². The number of hydrogen-bond donors (Lipinski definition) is 3. The number of rotatable bonds is 42. The fourth-order valence-electron chi connectivity index (χ4n) is 7.24. The standard InChI is InChI=1S/C46H91NO3/c1-3-5-7-9-11-13-15-17-19-21-22-23-24-26-27-29-31-33-35-37-39-41-45(49)44(43-48)47-46(50)42-40-38-36-34-32-30-28-25-20-18-16-14-12-10-8-6-4-2/h18,20,44-45,48-49H,3-17,19,21-43H2,1-2H3,(H,47,50)/b20-18-. The second-order valence-corrected chi connectivity index (χ2v) is 15.8. The molecule has 0 heterocycles. The molecule has 4 nitrogen and oxygen atoms in total. The fourth-order valence-corrected chi connectivity index (χ4v) is 7.24. The van der Waals surface area contributed by atoms with Crippen LogP contribution < -0.4 is 5.32 Å². The molecule has 0 bridgehead atoms. The third kappa shape index (κ3) is 38.4. The quantitative estimate of drug-likeness (QED) is 0.0437. The van der Waals surface area contributed by atoms with E-state index in [4.69, 9.17) is 0 Å². The van der Waals surface area contributed by atoms with Crippen LogP contribution in [0, 0.1) is 0 Å². The first-order valence-corrected chi connectivity index (χ1v) is 22.9. The fraction of sp³-hybridized carbons (Fsp3) is 0.935. The van der Waals surface area contributed by atoms with Crippen LogP contribution in [0.5, 0.6) is 0 Å². The van der Waals surface area contributed by atoms with Crippen molar-refractivity contribution in [1.82, 2.24) is 5.32 Å². The largest absolute Gasteiger partial charge is 0.394 e. The molecule has 3 N–H and O–H groups in total. The van der Waals surface area contributed by atoms with Crippen molar-refractivity contribution in [1.29, 1.82) is 0 Å². The van der Waals surface area contributed by atoms with Crippen molar-refractivity contribution in [2.45, 2.75) is 270 Å². The van der Waals surface area contributed by atoms with Gasteiger partial charge >= 0.3 is 0 Å². The molecule has 0 aliphatic rings. The Balaban J connectivity index is 3.48. The summed E-state index contributed by atoms with van der Waals surface area (Å²) in [4.78, 5) is 12.4. The van der Waals surface area contributed by atoms with Gasteiger partial charge in [0.05, 0.1) is 18.8 Å². The molecule has 0 aliphatic heterocycles. The number of aliphatic hydroxyl groups is 2. The maximum atomic E-state index is 12.4. The molecule has 0 saturated heterocycles. The summed E-state index contributed by atoms with van der Waals surface area (Å²) in [5.41, 5.74) is 0. The minimum atomic E-state index is -0.658. The molecule has 50 heavy (non-hydrogen) atoms. The lowest BCUT2D eigenvalue weighted by atomic mass is 10.0. The topological polar surface area (TPSA) is 69.6 Å². The van der Waals surface area contributed by atoms with Gasteiger partial charge in [-0.2, -0.15) is 0 Å². The van der Waals surface area contributed by atoms with E-state index in [-0.39, 0.29) is 12.5 Å². The molecule has 4 heteroatoms. The summed E-state index contributed by atoms with van der Waals surface area (Å²) in [6.07, 6.45) is 52.9. The highest BCUT2D eigenvalue weighted by Gasteiger charge is 2.20. The van der Waals surface area contributed by atoms with E-state index in [1.54, 1.807) is 0 Å². The number of allylic oxidation sites excluding steroid dienone is 2. The van der Waals surface area contributed by atoms with Crippen LogP contribution in [0.2, 0.25) is 0 Å². The molecule has 0 spiro atoms. The number of aliphatic hydroxyl groups excluding tert-OH is 2. The number of carbonyl (C=O) groups excluding carboxylic acids is 1. The lowest BCUT2D eigenvalue weighted by Gasteiger charge is -2.22. The first kappa shape index (κ1) is 49.1. The van der Waals surface area contributed by atoms with Crippen LogP contribution in [0.25, 0.3) is 0 Å². The monoisotopic (exact) mass is 706 g/mol. The summed E-state index contributed by atoms with van der Waals surface area (Å²) in [7, 11) is 0. The molecule has 0 aromatic heterocycles. The highest BCUT2D eigenvalue weighted by molar-refractivity contribution is 5.76. The average molecular weight is 706 g/mol. The summed E-state index contributed by atoms with van der Waals surface area (Å²) >= 11 is 0. The van der Waals surface area contributed by atoms with Gasteiger partial charge in [0.15, 0.2) is 0 Å². The van der Waals surface area contributed by atoms with Gasteiger partial charge in [0.25, 0.3) is 0 Å². The highest BCUT2D eigenvalue weighted by atomic mass is 16.3. The minimum Gasteiger partial charge on any atom is -0.394 e. The lowest BCUT2D eigenvalue weighted by molar-refractivity contribution is -0.123. The van der Waals surface area contributed by atoms with Crippen molar-refractivity contribution < 1.29 is 15.0 Å². The van der Waals surface area contributed by atoms with Crippen LogP contribution in [0.1, 0.15) is 258 Å². The van der Waals surface area contributed by atoms with E-state index in [0.717, 1.165) is 25.7 Å². The van der Waals surface area contributed by atoms with E-state index in [9.17, 15) is 15.0 Å². The molecule has 1 amide bonds. The Kier molecular flexibility index (Phi) is 41.8. The van der Waals surface area contributed by atoms with E-state index < -0.39 is 12.1 Å². The molecule has 0 fully saturated rings. The van der Waals surface area contributed by atoms with Gasteiger partial charge in [0, 0.05) is 6.42 Å². The molecule has 2 unspecified atom stereocenters. The van der Waals surface area contributed by atoms with E-state index in [2.05, 4.69) is 31.3 Å². The second-order valence-electron chi connectivity index (χ2n) is 15.8. The molecule has 0 radical (unpaired) electrons. The lowest BCUT2D eigenvalue weighted by Crippen LogP contribution is -2.45. The molecular formula is C46H91NO3. The predicted molar refractivity (Wildman–Crippen MR) is 221 cm³/mol. The number of nitrogens with one attached hydrogen (secondary N) is 1. The zero-order valence-electron chi connectivity index (χ0n) is 34.2. The molecule has 0 rings (SSSR count). The number of carbonyl (C=O) groups is 1. The third-order valence-electron chi connectivity index (χ3n) is 10.8. The second kappa shape index (κ2) is 42.5. The van der Waals surface area contributed by atoms with E-state index in [1.807, 2.05) is 0 Å². The number of hydrogen-bond acceptors (Lipinski definition) is 3. The Morgan fingerprint density at radius 1 is 0.460 bits per heavy atom. The first-order valence-electron chi connectivity index (χ1n) is 22.9. The third-order valence-corrected chi connectivity index (χ3v) is 10.8. The molecule has 0 aliphatic carbocycles. The van der Waals surface area contributed by atoms with Crippen LogP contribution in [0.4, 0.5) is 0 Å². The Morgan fingerprint density at radius 2 is 0.760 bits per heavy atom. The van der Waals surface area contributed by atoms with Crippen molar-refractivity contribution in [2.24, 2.45) is 0 Å². The summed E-state index contributed by atoms with van der Waals surface area (Å²) in [6.45, 7) is 4.37. The SMILES string of the molecule is CCCCCCCC/C=C\CCCCCCCCCC(=O)NC(CO)C(O)CCCCCCCCCCCCCCCCCCCCCCC. The summed E-state index contributed by atoms with van der Waals surface area (Å²) < 4.78 is 0. The van der Waals surface area contributed by atoms with Gasteiger partial charge in [0.2, 0.25) is 5.91 Å². The summed E-state index contributed by atoms with van der Waals surface area (Å²) in [6, 6.07) is -0.535. The maximum absolute atomic E-state index is 12.4. The highest BCUT2D eigenvalue weighted by Crippen LogP contribution is 2.16. The Bertz CT molecular complexity index is 680. The summed E-state index contributed by atoms with van der Waals surface area (Å²) in [5, 5.41) is 23.2. The van der Waals surface area contributed by atoms with Gasteiger partial charge in [-0.05, 0) is 38.5 Å². The van der Waals surface area contributed by atoms with Gasteiger partial charge < -0.3 is 15.5 Å². The van der Waals surface area contributed by atoms with Gasteiger partial charge in [-0.25, -0.2) is 0 Å². The van der Waals surface area contributed by atoms with E-state index in [1.165, 1.54) is 205 Å². The summed E-state index contributed by atoms with van der Waals surface area (Å²) in [5.74, 6) is -0.0327. The van der Waals surface area contributed by atoms with Crippen molar-refractivity contribution >= 4 is 5.91 Å². The molecule has 0 aromatic rings. The molecular weight excluding hydrogens is 615 g/mol. The zero-order chi connectivity index (χ0) is 36.4. The van der Waals surface area contributed by atoms with Gasteiger partial charge in [0.1, 0.15) is 0 Å². The molecule has 0 saturated carbocycles. The first-order chi connectivity index (χ1) is 24.7. The molecule has 2 atom stereocenters. The smallest absolute Gasteiger partial charge is 0.220 e. The van der Waals surface area contributed by atoms with Crippen molar-refractivity contribution in [3.63, 3.8) is 0 Å². The van der Waals surface area contributed by atoms with Crippen molar-refractivity contribution in [3.05, 3.63) is 12.2 Å². The zero-order valence-corrected chi connectivity index (χ0v) is 34.2. The van der Waals surface area contributed by atoms with Crippen LogP contribution in [0.3, 0.4) is 0 Å². The Labute approximate surface area is 314 Å². The van der Waals surface area contributed by atoms with Crippen LogP contribution in [-0.4, -0.2) is 34.9 Å². The van der Waals surface area contributed by atoms with Gasteiger partial charge in [-0.3, -0.25) is 4.79 Å². The Morgan fingerprint density at radius 3 is 1.10 bits per heavy atom. The van der Waals surface area contributed by atoms with E-state index >= 15 is 0 Å². The van der Waals surface area contributed by atoms with Crippen molar-refractivity contribution in [3.8, 4) is 0 Å². The molecule has 298 valence electrons. The van der Waals surface area contributed by atoms with Crippen molar-refractivity contribution in [2.75, 3.05) is 6.61 Å². The predicted octanol–water partition coefficient (Wildman–Crippen LogP) is 14.2. The van der Waals surface area contributed by atoms with E-state index in [0.29, 0.717) is 12.8 Å².